The molecule has 0 radical (unpaired) electrons. The van der Waals surface area contributed by atoms with Crippen molar-refractivity contribution >= 4 is 16.8 Å². The minimum atomic E-state index is 0.0360. The number of aromatic nitrogens is 2. The zero-order chi connectivity index (χ0) is 17.8. The molecule has 0 saturated heterocycles. The third-order valence-electron chi connectivity index (χ3n) is 4.87. The quantitative estimate of drug-likeness (QED) is 0.740. The number of nitrogens with zero attached hydrogens (tertiary/aromatic N) is 3. The molecule has 1 amide bonds. The average molecular weight is 341 g/mol. The van der Waals surface area contributed by atoms with Crippen molar-refractivity contribution in [2.75, 3.05) is 13.1 Å². The molecule has 1 saturated carbocycles. The predicted octanol–water partition coefficient (Wildman–Crippen LogP) is 3.31. The van der Waals surface area contributed by atoms with Crippen molar-refractivity contribution in [2.24, 2.45) is 0 Å². The molecule has 0 atom stereocenters. The van der Waals surface area contributed by atoms with Crippen LogP contribution in [0.15, 0.2) is 29.1 Å². The van der Waals surface area contributed by atoms with Gasteiger partial charge in [0.2, 0.25) is 5.91 Å². The second-order valence-electron chi connectivity index (χ2n) is 6.78. The molecule has 1 heterocycles. The number of aryl methyl sites for hydroxylation is 1. The van der Waals surface area contributed by atoms with Crippen LogP contribution in [0.2, 0.25) is 0 Å². The van der Waals surface area contributed by atoms with Crippen LogP contribution in [0.5, 0.6) is 0 Å². The van der Waals surface area contributed by atoms with Crippen LogP contribution in [-0.4, -0.2) is 33.4 Å². The smallest absolute Gasteiger partial charge is 0.261 e. The van der Waals surface area contributed by atoms with Crippen molar-refractivity contribution in [1.29, 1.82) is 0 Å². The van der Waals surface area contributed by atoms with E-state index < -0.39 is 0 Å². The topological polar surface area (TPSA) is 55.2 Å². The first-order valence-corrected chi connectivity index (χ1v) is 9.43. The van der Waals surface area contributed by atoms with E-state index in [2.05, 4.69) is 6.92 Å². The van der Waals surface area contributed by atoms with Crippen LogP contribution >= 0.6 is 0 Å². The highest BCUT2D eigenvalue weighted by Gasteiger charge is 2.28. The number of unbranched alkanes of at least 4 members (excludes halogenated alkanes) is 1. The third-order valence-corrected chi connectivity index (χ3v) is 4.87. The molecule has 134 valence electrons. The number of hydrogen-bond acceptors (Lipinski definition) is 3. The van der Waals surface area contributed by atoms with Crippen LogP contribution in [0.1, 0.15) is 57.8 Å². The summed E-state index contributed by atoms with van der Waals surface area (Å²) in [6.07, 6.45) is 5.10. The first-order valence-electron chi connectivity index (χ1n) is 9.43. The summed E-state index contributed by atoms with van der Waals surface area (Å²) in [5.74, 6) is 0.909. The van der Waals surface area contributed by atoms with Crippen molar-refractivity contribution in [3.8, 4) is 0 Å². The van der Waals surface area contributed by atoms with E-state index in [1.165, 1.54) is 0 Å². The summed E-state index contributed by atoms with van der Waals surface area (Å²) in [6, 6.07) is 7.74. The number of fused-ring (bicyclic) bond motifs is 1. The molecule has 5 heteroatoms. The summed E-state index contributed by atoms with van der Waals surface area (Å²) in [7, 11) is 0. The summed E-state index contributed by atoms with van der Waals surface area (Å²) in [4.78, 5) is 32.0. The Morgan fingerprint density at radius 2 is 2.04 bits per heavy atom. The second kappa shape index (κ2) is 7.81. The number of benzene rings is 1. The zero-order valence-electron chi connectivity index (χ0n) is 15.2. The van der Waals surface area contributed by atoms with E-state index in [-0.39, 0.29) is 17.5 Å². The molecular formula is C20H27N3O2. The van der Waals surface area contributed by atoms with Gasteiger partial charge in [-0.25, -0.2) is 4.98 Å². The van der Waals surface area contributed by atoms with Crippen molar-refractivity contribution in [3.05, 3.63) is 40.4 Å². The fraction of sp³-hybridized carbons (Fsp3) is 0.550. The monoisotopic (exact) mass is 341 g/mol. The van der Waals surface area contributed by atoms with Crippen molar-refractivity contribution in [2.45, 2.75) is 58.4 Å². The Bertz CT molecular complexity index is 808. The Balaban J connectivity index is 1.82. The zero-order valence-corrected chi connectivity index (χ0v) is 15.2. The fourth-order valence-corrected chi connectivity index (χ4v) is 3.26. The summed E-state index contributed by atoms with van der Waals surface area (Å²) in [5.41, 5.74) is 0.763. The first kappa shape index (κ1) is 17.6. The number of carbonyl (C=O) groups excluding carboxylic acids is 1. The highest BCUT2D eigenvalue weighted by molar-refractivity contribution is 5.78. The molecule has 3 rings (SSSR count). The Morgan fingerprint density at radius 1 is 1.28 bits per heavy atom. The standard InChI is InChI=1S/C20H27N3O2/c1-3-5-14-22(4-2)19(24)13-12-18-21-17-9-7-6-8-16(17)20(25)23(18)15-10-11-15/h6-9,15H,3-5,10-14H2,1-2H3. The summed E-state index contributed by atoms with van der Waals surface area (Å²) in [5, 5.41) is 0.669. The van der Waals surface area contributed by atoms with Crippen LogP contribution < -0.4 is 5.56 Å². The Hall–Kier alpha value is -2.17. The molecule has 0 unspecified atom stereocenters. The Labute approximate surface area is 148 Å². The molecular weight excluding hydrogens is 314 g/mol. The van der Waals surface area contributed by atoms with Gasteiger partial charge in [-0.2, -0.15) is 0 Å². The average Bonchev–Trinajstić information content (AvgIpc) is 3.45. The first-order chi connectivity index (χ1) is 12.2. The molecule has 0 spiro atoms. The van der Waals surface area contributed by atoms with Gasteiger partial charge in [0.05, 0.1) is 10.9 Å². The van der Waals surface area contributed by atoms with E-state index >= 15 is 0 Å². The van der Waals surface area contributed by atoms with Gasteiger partial charge in [-0.1, -0.05) is 25.5 Å². The van der Waals surface area contributed by atoms with E-state index in [1.807, 2.05) is 40.7 Å². The molecule has 0 bridgehead atoms. The lowest BCUT2D eigenvalue weighted by Gasteiger charge is -2.21. The number of carbonyl (C=O) groups is 1. The summed E-state index contributed by atoms with van der Waals surface area (Å²) < 4.78 is 1.83. The molecule has 2 aromatic rings. The second-order valence-corrected chi connectivity index (χ2v) is 6.78. The lowest BCUT2D eigenvalue weighted by molar-refractivity contribution is -0.131. The number of hydrogen-bond donors (Lipinski definition) is 0. The maximum absolute atomic E-state index is 12.8. The van der Waals surface area contributed by atoms with Gasteiger partial charge in [0, 0.05) is 32.0 Å². The Kier molecular flexibility index (Phi) is 5.51. The molecule has 0 N–H and O–H groups in total. The van der Waals surface area contributed by atoms with Crippen LogP contribution in [0.4, 0.5) is 0 Å². The number of rotatable bonds is 8. The van der Waals surface area contributed by atoms with Gasteiger partial charge in [0.15, 0.2) is 0 Å². The van der Waals surface area contributed by atoms with Crippen molar-refractivity contribution in [3.63, 3.8) is 0 Å². The maximum atomic E-state index is 12.8. The van der Waals surface area contributed by atoms with E-state index in [1.54, 1.807) is 0 Å². The highest BCUT2D eigenvalue weighted by Crippen LogP contribution is 2.34. The van der Waals surface area contributed by atoms with Gasteiger partial charge in [-0.05, 0) is 38.3 Å². The summed E-state index contributed by atoms with van der Waals surface area (Å²) in [6.45, 7) is 5.69. The molecule has 1 aromatic carbocycles. The molecule has 1 fully saturated rings. The molecule has 5 nitrogen and oxygen atoms in total. The molecule has 1 aromatic heterocycles. The van der Waals surface area contributed by atoms with Gasteiger partial charge in [-0.15, -0.1) is 0 Å². The lowest BCUT2D eigenvalue weighted by Crippen LogP contribution is -2.32. The largest absolute Gasteiger partial charge is 0.343 e. The molecule has 25 heavy (non-hydrogen) atoms. The van der Waals surface area contributed by atoms with Gasteiger partial charge >= 0.3 is 0 Å². The maximum Gasteiger partial charge on any atom is 0.261 e. The number of amides is 1. The lowest BCUT2D eigenvalue weighted by atomic mass is 10.2. The van der Waals surface area contributed by atoms with Crippen molar-refractivity contribution in [1.82, 2.24) is 14.5 Å². The minimum Gasteiger partial charge on any atom is -0.343 e. The van der Waals surface area contributed by atoms with Crippen LogP contribution in [0.25, 0.3) is 10.9 Å². The van der Waals surface area contributed by atoms with E-state index in [0.29, 0.717) is 18.2 Å². The van der Waals surface area contributed by atoms with Crippen LogP contribution in [0, 0.1) is 0 Å². The SMILES string of the molecule is CCCCN(CC)C(=O)CCc1nc2ccccc2c(=O)n1C1CC1. The van der Waals surface area contributed by atoms with Gasteiger partial charge in [0.1, 0.15) is 5.82 Å². The minimum absolute atomic E-state index is 0.0360. The van der Waals surface area contributed by atoms with Gasteiger partial charge in [-0.3, -0.25) is 14.2 Å². The van der Waals surface area contributed by atoms with Crippen molar-refractivity contribution < 1.29 is 4.79 Å². The van der Waals surface area contributed by atoms with E-state index in [0.717, 1.165) is 50.1 Å². The van der Waals surface area contributed by atoms with E-state index in [9.17, 15) is 9.59 Å². The van der Waals surface area contributed by atoms with Gasteiger partial charge < -0.3 is 4.90 Å². The third kappa shape index (κ3) is 3.91. The highest BCUT2D eigenvalue weighted by atomic mass is 16.2. The molecule has 1 aliphatic rings. The van der Waals surface area contributed by atoms with Crippen LogP contribution in [0.3, 0.4) is 0 Å². The Morgan fingerprint density at radius 3 is 2.72 bits per heavy atom. The molecule has 0 aliphatic heterocycles. The van der Waals surface area contributed by atoms with Gasteiger partial charge in [0.25, 0.3) is 5.56 Å². The fourth-order valence-electron chi connectivity index (χ4n) is 3.26. The van der Waals surface area contributed by atoms with E-state index in [4.69, 9.17) is 4.98 Å². The summed E-state index contributed by atoms with van der Waals surface area (Å²) >= 11 is 0. The molecule has 1 aliphatic carbocycles. The normalized spacial score (nSPS) is 14.0. The van der Waals surface area contributed by atoms with Crippen LogP contribution in [-0.2, 0) is 11.2 Å². The predicted molar refractivity (Wildman–Crippen MR) is 99.8 cm³/mol. The number of para-hydroxylation sites is 1.